The number of carbonyl (C=O) groups excluding carboxylic acids is 1. The molecule has 3 aromatic carbocycles. The molecule has 1 aliphatic rings. The van der Waals surface area contributed by atoms with Crippen molar-refractivity contribution in [2.45, 2.75) is 39.0 Å². The maximum absolute atomic E-state index is 12.6. The first-order chi connectivity index (χ1) is 17.1. The molecule has 178 valence electrons. The summed E-state index contributed by atoms with van der Waals surface area (Å²) in [6.07, 6.45) is 11.6. The highest BCUT2D eigenvalue weighted by molar-refractivity contribution is 6.01. The van der Waals surface area contributed by atoms with Crippen LogP contribution in [0, 0.1) is 0 Å². The molecule has 0 aliphatic heterocycles. The molecule has 0 radical (unpaired) electrons. The first-order valence-corrected chi connectivity index (χ1v) is 12.4. The van der Waals surface area contributed by atoms with Gasteiger partial charge in [-0.05, 0) is 73.1 Å². The van der Waals surface area contributed by atoms with Crippen molar-refractivity contribution in [2.24, 2.45) is 0 Å². The first-order valence-electron chi connectivity index (χ1n) is 12.4. The smallest absolute Gasteiger partial charge is 0.244 e. The van der Waals surface area contributed by atoms with E-state index in [0.717, 1.165) is 46.1 Å². The first kappa shape index (κ1) is 23.0. The van der Waals surface area contributed by atoms with E-state index in [0.29, 0.717) is 12.3 Å². The largest absolute Gasteiger partial charge is 0.496 e. The van der Waals surface area contributed by atoms with Crippen molar-refractivity contribution in [3.63, 3.8) is 0 Å². The molecule has 4 nitrogen and oxygen atoms in total. The number of hydrogen-bond acceptors (Lipinski definition) is 3. The van der Waals surface area contributed by atoms with Crippen LogP contribution in [0.25, 0.3) is 38.4 Å². The molecule has 0 saturated carbocycles. The molecule has 1 amide bonds. The Labute approximate surface area is 206 Å². The Morgan fingerprint density at radius 1 is 1.09 bits per heavy atom. The maximum Gasteiger partial charge on any atom is 0.244 e. The summed E-state index contributed by atoms with van der Waals surface area (Å²) < 4.78 is 11.5. The number of carbonyl (C=O) groups is 1. The van der Waals surface area contributed by atoms with E-state index in [2.05, 4.69) is 47.8 Å². The number of methoxy groups -OCH3 is 1. The third kappa shape index (κ3) is 5.02. The Kier molecular flexibility index (Phi) is 6.71. The molecular weight excluding hydrogens is 434 g/mol. The van der Waals surface area contributed by atoms with Crippen LogP contribution in [0.2, 0.25) is 0 Å². The van der Waals surface area contributed by atoms with Gasteiger partial charge in [0, 0.05) is 35.2 Å². The number of ether oxygens (including phenoxy) is 1. The van der Waals surface area contributed by atoms with E-state index in [1.165, 1.54) is 35.6 Å². The van der Waals surface area contributed by atoms with Crippen LogP contribution in [0.5, 0.6) is 5.75 Å². The number of fused-ring (bicyclic) bond motifs is 2. The summed E-state index contributed by atoms with van der Waals surface area (Å²) in [5, 5.41) is 6.42. The Balaban J connectivity index is 1.41. The Hall–Kier alpha value is -3.79. The highest BCUT2D eigenvalue weighted by Gasteiger charge is 2.15. The fourth-order valence-corrected chi connectivity index (χ4v) is 4.92. The van der Waals surface area contributed by atoms with Crippen molar-refractivity contribution < 1.29 is 13.9 Å². The molecule has 0 unspecified atom stereocenters. The monoisotopic (exact) mass is 465 g/mol. The topological polar surface area (TPSA) is 51.5 Å². The third-order valence-electron chi connectivity index (χ3n) is 6.86. The van der Waals surface area contributed by atoms with E-state index in [1.54, 1.807) is 19.4 Å². The number of furan rings is 1. The SMILES string of the molecule is COc1cc2occ(-c3ccc4ccccc4c3)c2cc1/C(C)=C/C(=O)NCCC1=CCCCC1. The number of allylic oxidation sites excluding steroid dienone is 2. The average Bonchev–Trinajstić information content (AvgIpc) is 3.31. The van der Waals surface area contributed by atoms with Gasteiger partial charge in [-0.2, -0.15) is 0 Å². The van der Waals surface area contributed by atoms with Crippen LogP contribution in [0.15, 0.2) is 83.0 Å². The minimum atomic E-state index is -0.0806. The molecular formula is C31H31NO3. The summed E-state index contributed by atoms with van der Waals surface area (Å²) in [5.74, 6) is 0.605. The number of nitrogens with one attached hydrogen (secondary N) is 1. The minimum absolute atomic E-state index is 0.0806. The van der Waals surface area contributed by atoms with Gasteiger partial charge in [0.25, 0.3) is 0 Å². The molecule has 0 atom stereocenters. The van der Waals surface area contributed by atoms with Gasteiger partial charge in [-0.15, -0.1) is 0 Å². The zero-order valence-corrected chi connectivity index (χ0v) is 20.4. The van der Waals surface area contributed by atoms with Gasteiger partial charge >= 0.3 is 0 Å². The van der Waals surface area contributed by atoms with Crippen molar-refractivity contribution >= 4 is 33.2 Å². The molecule has 1 N–H and O–H groups in total. The second kappa shape index (κ2) is 10.2. The average molecular weight is 466 g/mol. The Morgan fingerprint density at radius 2 is 1.94 bits per heavy atom. The Morgan fingerprint density at radius 3 is 2.74 bits per heavy atom. The highest BCUT2D eigenvalue weighted by Crippen LogP contribution is 2.38. The lowest BCUT2D eigenvalue weighted by Gasteiger charge is -2.13. The molecule has 5 rings (SSSR count). The molecule has 1 aromatic heterocycles. The van der Waals surface area contributed by atoms with Gasteiger partial charge in [0.05, 0.1) is 13.4 Å². The molecule has 1 heterocycles. The summed E-state index contributed by atoms with van der Waals surface area (Å²) in [4.78, 5) is 12.6. The van der Waals surface area contributed by atoms with E-state index >= 15 is 0 Å². The zero-order chi connectivity index (χ0) is 24.2. The quantitative estimate of drug-likeness (QED) is 0.225. The molecule has 0 bridgehead atoms. The fraction of sp³-hybridized carbons (Fsp3) is 0.258. The van der Waals surface area contributed by atoms with Gasteiger partial charge in [0.1, 0.15) is 11.3 Å². The highest BCUT2D eigenvalue weighted by atomic mass is 16.5. The minimum Gasteiger partial charge on any atom is -0.496 e. The van der Waals surface area contributed by atoms with Crippen LogP contribution in [0.1, 0.15) is 44.6 Å². The standard InChI is InChI=1S/C31H31NO3/c1-21(16-31(33)32-15-14-22-8-4-3-5-9-22)26-18-27-28(20-35-30(27)19-29(26)34-2)25-13-12-23-10-6-7-11-24(23)17-25/h6-8,10-13,16-20H,3-5,9,14-15H2,1-2H3,(H,32,33)/b21-16+. The summed E-state index contributed by atoms with van der Waals surface area (Å²) in [6.45, 7) is 2.61. The lowest BCUT2D eigenvalue weighted by molar-refractivity contribution is -0.116. The van der Waals surface area contributed by atoms with Crippen molar-refractivity contribution in [1.82, 2.24) is 5.32 Å². The molecule has 4 heteroatoms. The van der Waals surface area contributed by atoms with Crippen LogP contribution in [-0.2, 0) is 4.79 Å². The van der Waals surface area contributed by atoms with Gasteiger partial charge in [-0.3, -0.25) is 4.79 Å². The predicted molar refractivity (Wildman–Crippen MR) is 144 cm³/mol. The van der Waals surface area contributed by atoms with Crippen LogP contribution in [0.4, 0.5) is 0 Å². The van der Waals surface area contributed by atoms with E-state index in [4.69, 9.17) is 9.15 Å². The summed E-state index contributed by atoms with van der Waals surface area (Å²) >= 11 is 0. The van der Waals surface area contributed by atoms with E-state index < -0.39 is 0 Å². The van der Waals surface area contributed by atoms with Crippen LogP contribution in [0.3, 0.4) is 0 Å². The molecule has 0 saturated heterocycles. The second-order valence-corrected chi connectivity index (χ2v) is 9.24. The van der Waals surface area contributed by atoms with E-state index in [9.17, 15) is 4.79 Å². The van der Waals surface area contributed by atoms with Crippen molar-refractivity contribution in [2.75, 3.05) is 13.7 Å². The van der Waals surface area contributed by atoms with Gasteiger partial charge in [-0.1, -0.05) is 48.0 Å². The molecule has 1 aliphatic carbocycles. The third-order valence-corrected chi connectivity index (χ3v) is 6.86. The molecule has 0 spiro atoms. The van der Waals surface area contributed by atoms with E-state index in [1.807, 2.05) is 25.1 Å². The fourth-order valence-electron chi connectivity index (χ4n) is 4.92. The molecule has 4 aromatic rings. The number of amides is 1. The second-order valence-electron chi connectivity index (χ2n) is 9.24. The number of benzene rings is 3. The Bertz CT molecular complexity index is 1440. The van der Waals surface area contributed by atoms with Gasteiger partial charge in [-0.25, -0.2) is 0 Å². The van der Waals surface area contributed by atoms with Gasteiger partial charge in [0.15, 0.2) is 0 Å². The van der Waals surface area contributed by atoms with Gasteiger partial charge < -0.3 is 14.5 Å². The normalized spacial score (nSPS) is 14.2. The molecule has 35 heavy (non-hydrogen) atoms. The van der Waals surface area contributed by atoms with Crippen LogP contribution in [-0.4, -0.2) is 19.6 Å². The summed E-state index contributed by atoms with van der Waals surface area (Å²) in [6, 6.07) is 18.7. The van der Waals surface area contributed by atoms with Crippen molar-refractivity contribution in [1.29, 1.82) is 0 Å². The maximum atomic E-state index is 12.6. The lowest BCUT2D eigenvalue weighted by Crippen LogP contribution is -2.23. The summed E-state index contributed by atoms with van der Waals surface area (Å²) in [5.41, 5.74) is 6.07. The van der Waals surface area contributed by atoms with Crippen molar-refractivity contribution in [3.05, 3.63) is 84.1 Å². The predicted octanol–water partition coefficient (Wildman–Crippen LogP) is 7.67. The lowest BCUT2D eigenvalue weighted by atomic mass is 9.97. The number of hydrogen-bond donors (Lipinski definition) is 1. The summed E-state index contributed by atoms with van der Waals surface area (Å²) in [7, 11) is 1.64. The van der Waals surface area contributed by atoms with Gasteiger partial charge in [0.2, 0.25) is 5.91 Å². The van der Waals surface area contributed by atoms with E-state index in [-0.39, 0.29) is 5.91 Å². The molecule has 0 fully saturated rings. The van der Waals surface area contributed by atoms with Crippen molar-refractivity contribution in [3.8, 4) is 16.9 Å². The van der Waals surface area contributed by atoms with Crippen LogP contribution >= 0.6 is 0 Å². The number of rotatable bonds is 7. The van der Waals surface area contributed by atoms with Crippen LogP contribution < -0.4 is 10.1 Å². The zero-order valence-electron chi connectivity index (χ0n) is 20.4.